The van der Waals surface area contributed by atoms with Gasteiger partial charge in [0.1, 0.15) is 28.6 Å². The van der Waals surface area contributed by atoms with E-state index < -0.39 is 35.0 Å². The summed E-state index contributed by atoms with van der Waals surface area (Å²) in [5, 5.41) is 0. The molecule has 0 N–H and O–H groups in total. The van der Waals surface area contributed by atoms with Gasteiger partial charge in [0.15, 0.2) is 0 Å². The van der Waals surface area contributed by atoms with E-state index in [4.69, 9.17) is 14.2 Å². The van der Waals surface area contributed by atoms with Gasteiger partial charge >= 0.3 is 12.2 Å². The Morgan fingerprint density at radius 1 is 0.967 bits per heavy atom. The molecule has 170 valence electrons. The number of carbonyl (C=O) groups is 2. The topological polar surface area (TPSA) is 65.1 Å². The molecule has 1 aromatic rings. The number of halogens is 3. The summed E-state index contributed by atoms with van der Waals surface area (Å²) in [6, 6.07) is 2.26. The number of hydrogen-bond acceptors (Lipinski definition) is 5. The standard InChI is InChI=1S/C21H30F2INO5/c1-20(2,3)29-18(26)25(19(27)30-21(4,5)6)10-7-11-28-14-12-16(22)15(8-9-24)17(23)13-14/h12-13H,7-11H2,1-6H3. The Morgan fingerprint density at radius 2 is 1.43 bits per heavy atom. The Labute approximate surface area is 190 Å². The number of hydrogen-bond donors (Lipinski definition) is 0. The molecule has 0 atom stereocenters. The first-order valence-corrected chi connectivity index (χ1v) is 11.2. The van der Waals surface area contributed by atoms with E-state index >= 15 is 0 Å². The van der Waals surface area contributed by atoms with E-state index in [9.17, 15) is 18.4 Å². The minimum absolute atomic E-state index is 0.0257. The van der Waals surface area contributed by atoms with Crippen LogP contribution in [0.1, 0.15) is 53.5 Å². The Balaban J connectivity index is 2.75. The number of imide groups is 1. The van der Waals surface area contributed by atoms with Crippen molar-refractivity contribution in [2.75, 3.05) is 17.6 Å². The summed E-state index contributed by atoms with van der Waals surface area (Å²) in [4.78, 5) is 25.7. The van der Waals surface area contributed by atoms with Crippen LogP contribution in [0.25, 0.3) is 0 Å². The molecule has 6 nitrogen and oxygen atoms in total. The highest BCUT2D eigenvalue weighted by Gasteiger charge is 2.30. The van der Waals surface area contributed by atoms with Gasteiger partial charge in [-0.2, -0.15) is 0 Å². The van der Waals surface area contributed by atoms with Gasteiger partial charge in [-0.15, -0.1) is 0 Å². The zero-order chi connectivity index (χ0) is 23.1. The van der Waals surface area contributed by atoms with Crippen molar-refractivity contribution in [2.24, 2.45) is 0 Å². The number of amides is 2. The smallest absolute Gasteiger partial charge is 0.419 e. The van der Waals surface area contributed by atoms with Crippen LogP contribution in [0, 0.1) is 11.6 Å². The predicted molar refractivity (Wildman–Crippen MR) is 118 cm³/mol. The van der Waals surface area contributed by atoms with E-state index in [0.717, 1.165) is 17.0 Å². The molecule has 0 radical (unpaired) electrons. The van der Waals surface area contributed by atoms with Crippen molar-refractivity contribution in [1.29, 1.82) is 0 Å². The molecule has 2 amide bonds. The average molecular weight is 541 g/mol. The molecule has 9 heteroatoms. The first-order chi connectivity index (χ1) is 13.7. The van der Waals surface area contributed by atoms with Crippen molar-refractivity contribution in [3.8, 4) is 5.75 Å². The predicted octanol–water partition coefficient (Wildman–Crippen LogP) is 5.88. The fourth-order valence-corrected chi connectivity index (χ4v) is 2.84. The van der Waals surface area contributed by atoms with Crippen molar-refractivity contribution < 1.29 is 32.6 Å². The van der Waals surface area contributed by atoms with Crippen molar-refractivity contribution in [3.05, 3.63) is 29.3 Å². The van der Waals surface area contributed by atoms with Gasteiger partial charge in [0, 0.05) is 28.7 Å². The Hall–Kier alpha value is -1.65. The van der Waals surface area contributed by atoms with Crippen LogP contribution >= 0.6 is 22.6 Å². The molecule has 0 aliphatic rings. The van der Waals surface area contributed by atoms with Gasteiger partial charge in [-0.25, -0.2) is 23.3 Å². The summed E-state index contributed by atoms with van der Waals surface area (Å²) < 4.78 is 44.5. The van der Waals surface area contributed by atoms with Gasteiger partial charge < -0.3 is 14.2 Å². The second-order valence-electron chi connectivity index (χ2n) is 8.62. The minimum atomic E-state index is -0.836. The molecule has 0 saturated carbocycles. The second kappa shape index (κ2) is 11.1. The molecular formula is C21H30F2INO5. The molecule has 0 fully saturated rings. The number of benzene rings is 1. The first kappa shape index (κ1) is 26.4. The highest BCUT2D eigenvalue weighted by molar-refractivity contribution is 14.1. The van der Waals surface area contributed by atoms with Crippen LogP contribution in [0.2, 0.25) is 0 Å². The lowest BCUT2D eigenvalue weighted by Gasteiger charge is -2.28. The first-order valence-electron chi connectivity index (χ1n) is 9.63. The van der Waals surface area contributed by atoms with Crippen LogP contribution in [-0.4, -0.2) is 45.9 Å². The molecule has 0 unspecified atom stereocenters. The second-order valence-corrected chi connectivity index (χ2v) is 9.70. The van der Waals surface area contributed by atoms with E-state index in [1.807, 2.05) is 22.6 Å². The lowest BCUT2D eigenvalue weighted by atomic mass is 10.1. The quantitative estimate of drug-likeness (QED) is 0.245. The van der Waals surface area contributed by atoms with E-state index in [-0.39, 0.29) is 30.9 Å². The lowest BCUT2D eigenvalue weighted by molar-refractivity contribution is 0.000801. The Morgan fingerprint density at radius 3 is 1.83 bits per heavy atom. The van der Waals surface area contributed by atoms with Crippen LogP contribution in [0.3, 0.4) is 0 Å². The van der Waals surface area contributed by atoms with Crippen LogP contribution in [0.4, 0.5) is 18.4 Å². The highest BCUT2D eigenvalue weighted by Crippen LogP contribution is 2.22. The zero-order valence-electron chi connectivity index (χ0n) is 18.3. The Bertz CT molecular complexity index is 693. The Kier molecular flexibility index (Phi) is 9.77. The number of nitrogens with zero attached hydrogens (tertiary/aromatic N) is 1. The molecule has 0 aliphatic heterocycles. The van der Waals surface area contributed by atoms with Crippen molar-refractivity contribution in [1.82, 2.24) is 4.90 Å². The maximum Gasteiger partial charge on any atom is 0.419 e. The fraction of sp³-hybridized carbons (Fsp3) is 0.619. The molecule has 1 aromatic carbocycles. The molecule has 0 aliphatic carbocycles. The number of ether oxygens (including phenoxy) is 3. The molecule has 0 heterocycles. The van der Waals surface area contributed by atoms with E-state index in [0.29, 0.717) is 10.8 Å². The SMILES string of the molecule is CC(C)(C)OC(=O)N(CCCOc1cc(F)c(CCI)c(F)c1)C(=O)OC(C)(C)C. The van der Waals surface area contributed by atoms with Crippen LogP contribution in [-0.2, 0) is 15.9 Å². The molecular weight excluding hydrogens is 511 g/mol. The van der Waals surface area contributed by atoms with Crippen molar-refractivity contribution in [2.45, 2.75) is 65.6 Å². The van der Waals surface area contributed by atoms with Gasteiger partial charge in [0.25, 0.3) is 0 Å². The maximum atomic E-state index is 14.0. The summed E-state index contributed by atoms with van der Waals surface area (Å²) in [5.74, 6) is -1.28. The van der Waals surface area contributed by atoms with Crippen molar-refractivity contribution >= 4 is 34.8 Å². The van der Waals surface area contributed by atoms with Gasteiger partial charge in [-0.1, -0.05) is 22.6 Å². The summed E-state index contributed by atoms with van der Waals surface area (Å²) in [7, 11) is 0. The van der Waals surface area contributed by atoms with E-state index in [2.05, 4.69) is 0 Å². The number of carbonyl (C=O) groups excluding carboxylic acids is 2. The molecule has 0 spiro atoms. The van der Waals surface area contributed by atoms with E-state index in [1.54, 1.807) is 41.5 Å². The third-order valence-electron chi connectivity index (χ3n) is 3.48. The van der Waals surface area contributed by atoms with Crippen LogP contribution < -0.4 is 4.74 Å². The van der Waals surface area contributed by atoms with Crippen molar-refractivity contribution in [3.63, 3.8) is 0 Å². The van der Waals surface area contributed by atoms with Gasteiger partial charge in [0.2, 0.25) is 0 Å². The van der Waals surface area contributed by atoms with Crippen LogP contribution in [0.15, 0.2) is 12.1 Å². The fourth-order valence-electron chi connectivity index (χ4n) is 2.30. The molecule has 0 saturated heterocycles. The van der Waals surface area contributed by atoms with Gasteiger partial charge in [-0.3, -0.25) is 0 Å². The summed E-state index contributed by atoms with van der Waals surface area (Å²) in [5.41, 5.74) is -1.55. The maximum absolute atomic E-state index is 14.0. The molecule has 0 bridgehead atoms. The molecule has 30 heavy (non-hydrogen) atoms. The summed E-state index contributed by atoms with van der Waals surface area (Å²) >= 11 is 2.05. The molecule has 0 aromatic heterocycles. The number of alkyl halides is 1. The highest BCUT2D eigenvalue weighted by atomic mass is 127. The normalized spacial score (nSPS) is 11.8. The lowest BCUT2D eigenvalue weighted by Crippen LogP contribution is -2.44. The third kappa shape index (κ3) is 9.44. The van der Waals surface area contributed by atoms with E-state index in [1.165, 1.54) is 0 Å². The van der Waals surface area contributed by atoms with Gasteiger partial charge in [0.05, 0.1) is 6.61 Å². The monoisotopic (exact) mass is 541 g/mol. The zero-order valence-corrected chi connectivity index (χ0v) is 20.5. The minimum Gasteiger partial charge on any atom is -0.493 e. The van der Waals surface area contributed by atoms with Crippen LogP contribution in [0.5, 0.6) is 5.75 Å². The summed E-state index contributed by atoms with van der Waals surface area (Å²) in [6.45, 7) is 10.1. The largest absolute Gasteiger partial charge is 0.493 e. The number of rotatable bonds is 7. The average Bonchev–Trinajstić information content (AvgIpc) is 2.54. The van der Waals surface area contributed by atoms with Gasteiger partial charge in [-0.05, 0) is 54.4 Å². The third-order valence-corrected chi connectivity index (χ3v) is 4.02. The molecule has 1 rings (SSSR count). The summed E-state index contributed by atoms with van der Waals surface area (Å²) in [6.07, 6.45) is -1.16.